The second kappa shape index (κ2) is 6.63. The lowest BCUT2D eigenvalue weighted by Gasteiger charge is -2.16. The summed E-state index contributed by atoms with van der Waals surface area (Å²) in [7, 11) is 0. The third kappa shape index (κ3) is 3.13. The summed E-state index contributed by atoms with van der Waals surface area (Å²) in [6, 6.07) is 12.4. The van der Waals surface area contributed by atoms with Gasteiger partial charge in [-0.25, -0.2) is 4.39 Å². The Morgan fingerprint density at radius 3 is 2.46 bits per heavy atom. The normalized spacial score (nSPS) is 14.5. The molecular weight excluding hydrogens is 354 g/mol. The van der Waals surface area contributed by atoms with Crippen molar-refractivity contribution >= 4 is 40.7 Å². The zero-order valence-electron chi connectivity index (χ0n) is 12.2. The van der Waals surface area contributed by atoms with Crippen molar-refractivity contribution in [2.75, 3.05) is 5.32 Å². The molecule has 0 unspecified atom stereocenters. The van der Waals surface area contributed by atoms with Crippen LogP contribution in [0.1, 0.15) is 5.56 Å². The van der Waals surface area contributed by atoms with Crippen LogP contribution in [0.25, 0.3) is 0 Å². The quantitative estimate of drug-likeness (QED) is 0.836. The van der Waals surface area contributed by atoms with Crippen LogP contribution in [0.5, 0.6) is 0 Å². The molecule has 122 valence electrons. The number of anilines is 1. The molecule has 1 aliphatic heterocycles. The first-order valence-corrected chi connectivity index (χ1v) is 7.75. The number of nitrogens with one attached hydrogen (secondary N) is 1. The lowest BCUT2D eigenvalue weighted by molar-refractivity contribution is -0.138. The zero-order chi connectivity index (χ0) is 17.3. The monoisotopic (exact) mass is 364 g/mol. The van der Waals surface area contributed by atoms with Gasteiger partial charge < -0.3 is 5.32 Å². The van der Waals surface area contributed by atoms with Gasteiger partial charge in [0.15, 0.2) is 0 Å². The Morgan fingerprint density at radius 1 is 1.00 bits per heavy atom. The minimum Gasteiger partial charge on any atom is -0.350 e. The molecule has 7 heteroatoms. The minimum absolute atomic E-state index is 0.00188. The average molecular weight is 365 g/mol. The number of imide groups is 1. The van der Waals surface area contributed by atoms with Crippen LogP contribution in [0, 0.1) is 5.82 Å². The molecule has 0 spiro atoms. The van der Waals surface area contributed by atoms with Crippen LogP contribution < -0.4 is 5.32 Å². The van der Waals surface area contributed by atoms with Gasteiger partial charge in [0.1, 0.15) is 16.5 Å². The van der Waals surface area contributed by atoms with Gasteiger partial charge in [-0.15, -0.1) is 0 Å². The Balaban J connectivity index is 1.84. The number of amides is 2. The first kappa shape index (κ1) is 16.5. The molecule has 1 aliphatic rings. The van der Waals surface area contributed by atoms with E-state index in [-0.39, 0.29) is 17.3 Å². The van der Waals surface area contributed by atoms with Gasteiger partial charge in [0.2, 0.25) is 0 Å². The van der Waals surface area contributed by atoms with Crippen molar-refractivity contribution in [2.45, 2.75) is 6.54 Å². The van der Waals surface area contributed by atoms with Gasteiger partial charge in [-0.05, 0) is 29.8 Å². The number of rotatable bonds is 4. The van der Waals surface area contributed by atoms with Crippen molar-refractivity contribution in [3.05, 3.63) is 75.7 Å². The Kier molecular flexibility index (Phi) is 4.55. The first-order chi connectivity index (χ1) is 11.5. The fraction of sp³-hybridized carbons (Fsp3) is 0.0588. The maximum absolute atomic E-state index is 13.3. The molecule has 1 N–H and O–H groups in total. The highest BCUT2D eigenvalue weighted by atomic mass is 35.5. The van der Waals surface area contributed by atoms with E-state index in [1.165, 1.54) is 18.2 Å². The summed E-state index contributed by atoms with van der Waals surface area (Å²) in [4.78, 5) is 25.7. The second-order valence-electron chi connectivity index (χ2n) is 5.11. The third-order valence-electron chi connectivity index (χ3n) is 3.49. The second-order valence-corrected chi connectivity index (χ2v) is 5.90. The summed E-state index contributed by atoms with van der Waals surface area (Å²) < 4.78 is 13.3. The van der Waals surface area contributed by atoms with Crippen molar-refractivity contribution in [2.24, 2.45) is 0 Å². The Labute approximate surface area is 147 Å². The Bertz CT molecular complexity index is 867. The van der Waals surface area contributed by atoms with Gasteiger partial charge in [-0.3, -0.25) is 14.5 Å². The number of hydrogen-bond donors (Lipinski definition) is 1. The number of benzene rings is 2. The Hall–Kier alpha value is -2.37. The summed E-state index contributed by atoms with van der Waals surface area (Å²) in [5.41, 5.74) is 0.862. The number of nitrogens with zero attached hydrogens (tertiary/aromatic N) is 1. The minimum atomic E-state index is -0.625. The van der Waals surface area contributed by atoms with Crippen molar-refractivity contribution < 1.29 is 14.0 Å². The maximum Gasteiger partial charge on any atom is 0.279 e. The van der Waals surface area contributed by atoms with E-state index in [9.17, 15) is 14.0 Å². The van der Waals surface area contributed by atoms with E-state index in [0.717, 1.165) is 4.90 Å². The van der Waals surface area contributed by atoms with Gasteiger partial charge in [0.05, 0.1) is 6.54 Å². The van der Waals surface area contributed by atoms with Crippen molar-refractivity contribution in [1.82, 2.24) is 4.90 Å². The van der Waals surface area contributed by atoms with Crippen LogP contribution in [0.3, 0.4) is 0 Å². The summed E-state index contributed by atoms with van der Waals surface area (Å²) in [6.45, 7) is 0.00188. The maximum atomic E-state index is 13.3. The van der Waals surface area contributed by atoms with E-state index in [0.29, 0.717) is 16.3 Å². The smallest absolute Gasteiger partial charge is 0.279 e. The fourth-order valence-corrected chi connectivity index (χ4v) is 2.73. The van der Waals surface area contributed by atoms with E-state index in [1.54, 1.807) is 30.3 Å². The fourth-order valence-electron chi connectivity index (χ4n) is 2.31. The van der Waals surface area contributed by atoms with E-state index in [1.807, 2.05) is 0 Å². The summed E-state index contributed by atoms with van der Waals surface area (Å²) in [6.07, 6.45) is 0. The largest absolute Gasteiger partial charge is 0.350 e. The first-order valence-electron chi connectivity index (χ1n) is 6.99. The van der Waals surface area contributed by atoms with Crippen LogP contribution in [-0.4, -0.2) is 16.7 Å². The predicted octanol–water partition coefficient (Wildman–Crippen LogP) is 3.91. The van der Waals surface area contributed by atoms with Gasteiger partial charge in [0.25, 0.3) is 11.8 Å². The van der Waals surface area contributed by atoms with E-state index < -0.39 is 17.6 Å². The highest BCUT2D eigenvalue weighted by Gasteiger charge is 2.38. The number of carbonyl (C=O) groups excluding carboxylic acids is 2. The molecule has 0 atom stereocenters. The predicted molar refractivity (Wildman–Crippen MR) is 89.9 cm³/mol. The van der Waals surface area contributed by atoms with Crippen LogP contribution >= 0.6 is 23.2 Å². The lowest BCUT2D eigenvalue weighted by atomic mass is 10.2. The van der Waals surface area contributed by atoms with Gasteiger partial charge >= 0.3 is 0 Å². The molecule has 0 aliphatic carbocycles. The average Bonchev–Trinajstić information content (AvgIpc) is 2.75. The molecule has 2 amide bonds. The molecule has 3 rings (SSSR count). The zero-order valence-corrected chi connectivity index (χ0v) is 13.7. The van der Waals surface area contributed by atoms with Crippen molar-refractivity contribution in [1.29, 1.82) is 0 Å². The summed E-state index contributed by atoms with van der Waals surface area (Å²) >= 11 is 12.1. The summed E-state index contributed by atoms with van der Waals surface area (Å²) in [5, 5.41) is 2.91. The standard InChI is InChI=1S/C17H11Cl2FN2O2/c18-13-7-2-1-4-10(13)9-22-16(23)14(19)15(17(22)24)21-12-6-3-5-11(20)8-12/h1-8,21H,9H2. The van der Waals surface area contributed by atoms with Crippen LogP contribution in [0.4, 0.5) is 10.1 Å². The van der Waals surface area contributed by atoms with Crippen molar-refractivity contribution in [3.63, 3.8) is 0 Å². The highest BCUT2D eigenvalue weighted by Crippen LogP contribution is 2.28. The molecule has 4 nitrogen and oxygen atoms in total. The molecule has 0 radical (unpaired) electrons. The van der Waals surface area contributed by atoms with Gasteiger partial charge in [-0.2, -0.15) is 0 Å². The molecule has 2 aromatic rings. The topological polar surface area (TPSA) is 49.4 Å². The number of halogens is 3. The SMILES string of the molecule is O=C1C(Cl)=C(Nc2cccc(F)c2)C(=O)N1Cc1ccccc1Cl. The molecule has 0 aromatic heterocycles. The molecule has 0 saturated carbocycles. The van der Waals surface area contributed by atoms with E-state index >= 15 is 0 Å². The van der Waals surface area contributed by atoms with E-state index in [2.05, 4.69) is 5.32 Å². The molecule has 0 saturated heterocycles. The van der Waals surface area contributed by atoms with Crippen LogP contribution in [-0.2, 0) is 16.1 Å². The number of hydrogen-bond acceptors (Lipinski definition) is 3. The third-order valence-corrected chi connectivity index (χ3v) is 4.21. The van der Waals surface area contributed by atoms with Gasteiger partial charge in [-0.1, -0.05) is 47.5 Å². The highest BCUT2D eigenvalue weighted by molar-refractivity contribution is 6.48. The van der Waals surface area contributed by atoms with Crippen LogP contribution in [0.15, 0.2) is 59.3 Å². The van der Waals surface area contributed by atoms with Crippen LogP contribution in [0.2, 0.25) is 5.02 Å². The van der Waals surface area contributed by atoms with E-state index in [4.69, 9.17) is 23.2 Å². The molecule has 1 heterocycles. The molecule has 2 aromatic carbocycles. The molecule has 0 fully saturated rings. The molecule has 0 bridgehead atoms. The van der Waals surface area contributed by atoms with Crippen molar-refractivity contribution in [3.8, 4) is 0 Å². The lowest BCUT2D eigenvalue weighted by Crippen LogP contribution is -2.32. The number of carbonyl (C=O) groups is 2. The summed E-state index contributed by atoms with van der Waals surface area (Å²) in [5.74, 6) is -1.68. The van der Waals surface area contributed by atoms with Gasteiger partial charge in [0, 0.05) is 10.7 Å². The molecule has 24 heavy (non-hydrogen) atoms. The molecular formula is C17H11Cl2FN2O2. The Morgan fingerprint density at radius 2 is 1.75 bits per heavy atom.